The summed E-state index contributed by atoms with van der Waals surface area (Å²) in [5, 5.41) is 4.78. The standard InChI is InChI=1S/C44H33BN2O/c1-44(2,3)34-27-26-28-14-4-5-15-29(28)42(34)46-37-22-10-8-20-35(37)45-41-32(18-12-23-38(41)46)30-16-6-9-21-36(30)47(45)39-24-13-19-33-31-17-7-11-25-40(31)48-43(33)39/h4-27H,1-3H3. The lowest BCUT2D eigenvalue weighted by molar-refractivity contribution is 0.592. The summed E-state index contributed by atoms with van der Waals surface area (Å²) in [6.45, 7) is 6.91. The molecule has 10 rings (SSSR count). The van der Waals surface area contributed by atoms with Gasteiger partial charge in [0.05, 0.1) is 11.4 Å². The van der Waals surface area contributed by atoms with Gasteiger partial charge in [-0.25, -0.2) is 0 Å². The first kappa shape index (κ1) is 27.4. The molecule has 0 N–H and O–H groups in total. The zero-order chi connectivity index (χ0) is 32.1. The molecule has 3 nitrogen and oxygen atoms in total. The average Bonchev–Trinajstić information content (AvgIpc) is 3.50. The summed E-state index contributed by atoms with van der Waals surface area (Å²) >= 11 is 0. The highest BCUT2D eigenvalue weighted by molar-refractivity contribution is 6.93. The minimum Gasteiger partial charge on any atom is -0.454 e. The third-order valence-electron chi connectivity index (χ3n) is 10.4. The molecule has 0 atom stereocenters. The van der Waals surface area contributed by atoms with Crippen molar-refractivity contribution in [1.82, 2.24) is 0 Å². The van der Waals surface area contributed by atoms with E-state index in [4.69, 9.17) is 4.42 Å². The number of anilines is 5. The highest BCUT2D eigenvalue weighted by atomic mass is 16.3. The number of hydrogen-bond acceptors (Lipinski definition) is 3. The van der Waals surface area contributed by atoms with Crippen LogP contribution < -0.4 is 20.6 Å². The average molecular weight is 617 g/mol. The fourth-order valence-electron chi connectivity index (χ4n) is 8.33. The third kappa shape index (κ3) is 3.72. The van der Waals surface area contributed by atoms with Gasteiger partial charge >= 0.3 is 6.85 Å². The molecule has 0 saturated heterocycles. The van der Waals surface area contributed by atoms with Gasteiger partial charge in [0.2, 0.25) is 0 Å². The van der Waals surface area contributed by atoms with E-state index >= 15 is 0 Å². The fraction of sp³-hybridized carbons (Fsp3) is 0.0909. The molecule has 228 valence electrons. The van der Waals surface area contributed by atoms with Crippen molar-refractivity contribution in [1.29, 1.82) is 0 Å². The molecule has 4 heteroatoms. The monoisotopic (exact) mass is 616 g/mol. The number of fused-ring (bicyclic) bond motifs is 8. The van der Waals surface area contributed by atoms with Crippen LogP contribution in [-0.2, 0) is 5.41 Å². The lowest BCUT2D eigenvalue weighted by Gasteiger charge is -2.46. The van der Waals surface area contributed by atoms with Crippen LogP contribution in [0.5, 0.6) is 0 Å². The normalized spacial score (nSPS) is 13.6. The number of hydrogen-bond donors (Lipinski definition) is 0. The van der Waals surface area contributed by atoms with Crippen LogP contribution >= 0.6 is 0 Å². The molecule has 0 bridgehead atoms. The van der Waals surface area contributed by atoms with E-state index in [2.05, 4.69) is 170 Å². The van der Waals surface area contributed by atoms with Crippen LogP contribution in [0.4, 0.5) is 28.4 Å². The van der Waals surface area contributed by atoms with Crippen molar-refractivity contribution in [3.8, 4) is 11.1 Å². The number of benzene rings is 7. The first-order chi connectivity index (χ1) is 23.5. The van der Waals surface area contributed by atoms with E-state index in [1.807, 2.05) is 6.07 Å². The van der Waals surface area contributed by atoms with E-state index in [0.29, 0.717) is 0 Å². The number of nitrogens with zero attached hydrogens (tertiary/aromatic N) is 2. The highest BCUT2D eigenvalue weighted by Gasteiger charge is 2.46. The Kier molecular flexibility index (Phi) is 5.64. The van der Waals surface area contributed by atoms with Gasteiger partial charge in [-0.05, 0) is 63.2 Å². The van der Waals surface area contributed by atoms with Gasteiger partial charge in [-0.1, -0.05) is 136 Å². The molecule has 0 spiro atoms. The second-order valence-corrected chi connectivity index (χ2v) is 14.1. The van der Waals surface area contributed by atoms with Gasteiger partial charge in [-0.3, -0.25) is 0 Å². The van der Waals surface area contributed by atoms with Crippen LogP contribution in [0, 0.1) is 0 Å². The van der Waals surface area contributed by atoms with Gasteiger partial charge in [0, 0.05) is 38.8 Å². The van der Waals surface area contributed by atoms with Crippen LogP contribution in [0.25, 0.3) is 43.8 Å². The molecule has 0 unspecified atom stereocenters. The molecule has 0 saturated carbocycles. The zero-order valence-corrected chi connectivity index (χ0v) is 27.2. The summed E-state index contributed by atoms with van der Waals surface area (Å²) in [6.07, 6.45) is 0. The van der Waals surface area contributed by atoms with Crippen molar-refractivity contribution in [3.63, 3.8) is 0 Å². The van der Waals surface area contributed by atoms with E-state index < -0.39 is 0 Å². The molecular weight excluding hydrogens is 583 g/mol. The number of furan rings is 1. The summed E-state index contributed by atoms with van der Waals surface area (Å²) < 4.78 is 6.71. The zero-order valence-electron chi connectivity index (χ0n) is 27.2. The maximum Gasteiger partial charge on any atom is 0.333 e. The lowest BCUT2D eigenvalue weighted by atomic mass is 9.43. The first-order valence-electron chi connectivity index (χ1n) is 16.8. The Morgan fingerprint density at radius 3 is 2.04 bits per heavy atom. The Hall–Kier alpha value is -5.74. The van der Waals surface area contributed by atoms with Crippen LogP contribution in [0.1, 0.15) is 26.3 Å². The molecule has 3 heterocycles. The van der Waals surface area contributed by atoms with Crippen molar-refractivity contribution < 1.29 is 4.42 Å². The van der Waals surface area contributed by atoms with Crippen molar-refractivity contribution >= 4 is 78.9 Å². The van der Waals surface area contributed by atoms with E-state index in [1.165, 1.54) is 61.1 Å². The molecule has 0 aliphatic carbocycles. The van der Waals surface area contributed by atoms with Crippen molar-refractivity contribution in [2.75, 3.05) is 9.71 Å². The van der Waals surface area contributed by atoms with E-state index in [-0.39, 0.29) is 12.3 Å². The predicted octanol–water partition coefficient (Wildman–Crippen LogP) is 10.7. The van der Waals surface area contributed by atoms with Crippen LogP contribution in [0.3, 0.4) is 0 Å². The van der Waals surface area contributed by atoms with Crippen LogP contribution in [0.2, 0.25) is 0 Å². The minimum atomic E-state index is -0.0738. The summed E-state index contributed by atoms with van der Waals surface area (Å²) in [5.74, 6) is 0. The molecule has 7 aromatic carbocycles. The van der Waals surface area contributed by atoms with Crippen molar-refractivity contribution in [2.45, 2.75) is 26.2 Å². The summed E-state index contributed by atoms with van der Waals surface area (Å²) in [6, 6.07) is 53.2. The van der Waals surface area contributed by atoms with Crippen LogP contribution in [0.15, 0.2) is 150 Å². The Bertz CT molecular complexity index is 2590. The lowest BCUT2D eigenvalue weighted by Crippen LogP contribution is -2.61. The van der Waals surface area contributed by atoms with Gasteiger partial charge in [-0.15, -0.1) is 0 Å². The smallest absolute Gasteiger partial charge is 0.333 e. The van der Waals surface area contributed by atoms with Gasteiger partial charge in [0.1, 0.15) is 5.58 Å². The second kappa shape index (κ2) is 9.89. The SMILES string of the molecule is CC(C)(C)c1ccc2ccccc2c1N1c2ccccc2B2c3c(cccc31)-c1ccccc1N2c1cccc2c1oc1ccccc12. The molecule has 0 fully saturated rings. The number of rotatable bonds is 2. The van der Waals surface area contributed by atoms with Crippen LogP contribution in [-0.4, -0.2) is 6.85 Å². The maximum atomic E-state index is 6.71. The maximum absolute atomic E-state index is 6.71. The molecule has 8 aromatic rings. The molecule has 1 aromatic heterocycles. The number of para-hydroxylation sites is 4. The van der Waals surface area contributed by atoms with Gasteiger partial charge in [0.15, 0.2) is 5.58 Å². The van der Waals surface area contributed by atoms with E-state index in [0.717, 1.165) is 27.6 Å². The van der Waals surface area contributed by atoms with Gasteiger partial charge < -0.3 is 14.1 Å². The summed E-state index contributed by atoms with van der Waals surface area (Å²) in [5.41, 5.74) is 14.1. The fourth-order valence-corrected chi connectivity index (χ4v) is 8.33. The van der Waals surface area contributed by atoms with Gasteiger partial charge in [0.25, 0.3) is 0 Å². The molecule has 2 aliphatic heterocycles. The van der Waals surface area contributed by atoms with Crippen molar-refractivity contribution in [3.05, 3.63) is 151 Å². The molecule has 0 radical (unpaired) electrons. The predicted molar refractivity (Wildman–Crippen MR) is 204 cm³/mol. The largest absolute Gasteiger partial charge is 0.454 e. The molecule has 0 amide bonds. The minimum absolute atomic E-state index is 0.0644. The Morgan fingerprint density at radius 2 is 1.17 bits per heavy atom. The highest BCUT2D eigenvalue weighted by Crippen LogP contribution is 2.50. The molecule has 48 heavy (non-hydrogen) atoms. The first-order valence-corrected chi connectivity index (χ1v) is 16.8. The Morgan fingerprint density at radius 1 is 0.521 bits per heavy atom. The quantitative estimate of drug-likeness (QED) is 0.180. The second-order valence-electron chi connectivity index (χ2n) is 14.1. The Labute approximate surface area is 280 Å². The third-order valence-corrected chi connectivity index (χ3v) is 10.4. The summed E-state index contributed by atoms with van der Waals surface area (Å²) in [4.78, 5) is 5.09. The molecule has 2 aliphatic rings. The van der Waals surface area contributed by atoms with Crippen molar-refractivity contribution in [2.24, 2.45) is 0 Å². The molecular formula is C44H33BN2O. The van der Waals surface area contributed by atoms with Gasteiger partial charge in [-0.2, -0.15) is 0 Å². The topological polar surface area (TPSA) is 19.6 Å². The Balaban J connectivity index is 1.33. The summed E-state index contributed by atoms with van der Waals surface area (Å²) in [7, 11) is 0. The van der Waals surface area contributed by atoms with E-state index in [9.17, 15) is 0 Å². The van der Waals surface area contributed by atoms with E-state index in [1.54, 1.807) is 0 Å².